The zero-order valence-electron chi connectivity index (χ0n) is 11.0. The molecular weight excluding hydrogens is 248 g/mol. The van der Waals surface area contributed by atoms with Crippen molar-refractivity contribution in [3.63, 3.8) is 0 Å². The number of carbonyl (C=O) groups excluding carboxylic acids is 1. The minimum atomic E-state index is -0.794. The molecule has 4 nitrogen and oxygen atoms in total. The summed E-state index contributed by atoms with van der Waals surface area (Å²) in [5, 5.41) is 2.81. The zero-order valence-corrected chi connectivity index (χ0v) is 11.8. The highest BCUT2D eigenvalue weighted by molar-refractivity contribution is 7.09. The maximum Gasteiger partial charge on any atom is 0.329 e. The van der Waals surface area contributed by atoms with E-state index in [1.807, 2.05) is 26.2 Å². The van der Waals surface area contributed by atoms with Crippen LogP contribution in [0.5, 0.6) is 0 Å². The van der Waals surface area contributed by atoms with Gasteiger partial charge < -0.3 is 10.5 Å². The van der Waals surface area contributed by atoms with Gasteiger partial charge in [0.25, 0.3) is 0 Å². The molecule has 0 fully saturated rings. The summed E-state index contributed by atoms with van der Waals surface area (Å²) in [6.07, 6.45) is 0. The van der Waals surface area contributed by atoms with Gasteiger partial charge in [-0.15, -0.1) is 11.3 Å². The molecule has 1 aromatic heterocycles. The minimum absolute atomic E-state index is 0. The quantitative estimate of drug-likeness (QED) is 0.858. The van der Waals surface area contributed by atoms with Crippen LogP contribution in [0.2, 0.25) is 0 Å². The summed E-state index contributed by atoms with van der Waals surface area (Å²) in [4.78, 5) is 16.1. The normalized spacial score (nSPS) is 13.1. The van der Waals surface area contributed by atoms with Gasteiger partial charge in [-0.05, 0) is 20.8 Å². The van der Waals surface area contributed by atoms with Gasteiger partial charge in [-0.3, -0.25) is 0 Å². The molecule has 0 amide bonds. The molecule has 0 saturated carbocycles. The van der Waals surface area contributed by atoms with Crippen LogP contribution in [-0.4, -0.2) is 16.6 Å². The molecule has 0 aliphatic heterocycles. The minimum Gasteiger partial charge on any atom is -0.459 e. The van der Waals surface area contributed by atoms with Gasteiger partial charge >= 0.3 is 5.97 Å². The summed E-state index contributed by atoms with van der Waals surface area (Å²) >= 11 is 1.52. The standard InChI is InChI=1S/C12H20N2O2S.CH4/c1-7(2)10-14-8(6-17-10)9(13)11(15)16-12(3,4)5;/h6-7,9H,13H2,1-5H3;1H4. The molecular formula is C13H24N2O2S. The Bertz CT molecular complexity index is 394. The van der Waals surface area contributed by atoms with Crippen molar-refractivity contribution in [2.45, 2.75) is 59.6 Å². The summed E-state index contributed by atoms with van der Waals surface area (Å²) in [6.45, 7) is 9.57. The fourth-order valence-electron chi connectivity index (χ4n) is 1.19. The number of ether oxygens (including phenoxy) is 1. The monoisotopic (exact) mass is 272 g/mol. The topological polar surface area (TPSA) is 65.2 Å². The van der Waals surface area contributed by atoms with Crippen molar-refractivity contribution in [3.05, 3.63) is 16.1 Å². The molecule has 104 valence electrons. The fraction of sp³-hybridized carbons (Fsp3) is 0.692. The van der Waals surface area contributed by atoms with Crippen LogP contribution in [0.25, 0.3) is 0 Å². The molecule has 1 heterocycles. The Kier molecular flexibility index (Phi) is 5.96. The van der Waals surface area contributed by atoms with Crippen LogP contribution in [0, 0.1) is 0 Å². The van der Waals surface area contributed by atoms with E-state index < -0.39 is 17.6 Å². The van der Waals surface area contributed by atoms with Gasteiger partial charge in [-0.2, -0.15) is 0 Å². The molecule has 1 unspecified atom stereocenters. The average Bonchev–Trinajstić information content (AvgIpc) is 2.62. The molecule has 18 heavy (non-hydrogen) atoms. The van der Waals surface area contributed by atoms with Gasteiger partial charge in [0, 0.05) is 11.3 Å². The lowest BCUT2D eigenvalue weighted by atomic mass is 10.2. The van der Waals surface area contributed by atoms with Gasteiger partial charge in [-0.25, -0.2) is 9.78 Å². The number of hydrogen-bond acceptors (Lipinski definition) is 5. The molecule has 0 aromatic carbocycles. The third-order valence-corrected chi connectivity index (χ3v) is 3.18. The Morgan fingerprint density at radius 1 is 1.44 bits per heavy atom. The third kappa shape index (κ3) is 4.74. The number of rotatable bonds is 3. The van der Waals surface area contributed by atoms with Crippen molar-refractivity contribution in [1.82, 2.24) is 4.98 Å². The van der Waals surface area contributed by atoms with Gasteiger partial charge in [0.05, 0.1) is 10.7 Å². The Labute approximate surface area is 114 Å². The van der Waals surface area contributed by atoms with Crippen LogP contribution in [0.3, 0.4) is 0 Å². The summed E-state index contributed by atoms with van der Waals surface area (Å²) in [7, 11) is 0. The molecule has 5 heteroatoms. The highest BCUT2D eigenvalue weighted by Crippen LogP contribution is 2.23. The van der Waals surface area contributed by atoms with Crippen LogP contribution >= 0.6 is 11.3 Å². The van der Waals surface area contributed by atoms with E-state index in [4.69, 9.17) is 10.5 Å². The zero-order chi connectivity index (χ0) is 13.2. The SMILES string of the molecule is C.CC(C)c1nc(C(N)C(=O)OC(C)(C)C)cs1. The van der Waals surface area contributed by atoms with Crippen LogP contribution in [0.4, 0.5) is 0 Å². The van der Waals surface area contributed by atoms with Gasteiger partial charge in [0.15, 0.2) is 0 Å². The highest BCUT2D eigenvalue weighted by Gasteiger charge is 2.25. The van der Waals surface area contributed by atoms with Crippen molar-refractivity contribution in [2.24, 2.45) is 5.73 Å². The maximum absolute atomic E-state index is 11.8. The van der Waals surface area contributed by atoms with Crippen LogP contribution < -0.4 is 5.73 Å². The smallest absolute Gasteiger partial charge is 0.329 e. The summed E-state index contributed by atoms with van der Waals surface area (Å²) in [5.41, 5.74) is 5.90. The highest BCUT2D eigenvalue weighted by atomic mass is 32.1. The van der Waals surface area contributed by atoms with E-state index in [1.165, 1.54) is 11.3 Å². The first-order valence-electron chi connectivity index (χ1n) is 5.64. The van der Waals surface area contributed by atoms with E-state index >= 15 is 0 Å². The van der Waals surface area contributed by atoms with Crippen molar-refractivity contribution < 1.29 is 9.53 Å². The Morgan fingerprint density at radius 2 is 2.00 bits per heavy atom. The lowest BCUT2D eigenvalue weighted by molar-refractivity contribution is -0.156. The number of carbonyl (C=O) groups is 1. The number of thiazole rings is 1. The summed E-state index contributed by atoms with van der Waals surface area (Å²) in [5.74, 6) is -0.0855. The first-order valence-corrected chi connectivity index (χ1v) is 6.52. The summed E-state index contributed by atoms with van der Waals surface area (Å²) < 4.78 is 5.22. The van der Waals surface area contributed by atoms with E-state index in [2.05, 4.69) is 18.8 Å². The molecule has 1 aromatic rings. The van der Waals surface area contributed by atoms with E-state index in [9.17, 15) is 4.79 Å². The number of aromatic nitrogens is 1. The molecule has 1 atom stereocenters. The lowest BCUT2D eigenvalue weighted by Crippen LogP contribution is -2.31. The summed E-state index contributed by atoms with van der Waals surface area (Å²) in [6, 6.07) is -0.794. The second-order valence-electron chi connectivity index (χ2n) is 5.28. The predicted octanol–water partition coefficient (Wildman–Crippen LogP) is 3.24. The van der Waals surface area contributed by atoms with Crippen LogP contribution in [0.15, 0.2) is 5.38 Å². The molecule has 0 bridgehead atoms. The number of hydrogen-bond donors (Lipinski definition) is 1. The second kappa shape index (κ2) is 6.29. The number of nitrogens with two attached hydrogens (primary N) is 1. The van der Waals surface area contributed by atoms with Crippen molar-refractivity contribution in [2.75, 3.05) is 0 Å². The Balaban J connectivity index is 0.00000289. The van der Waals surface area contributed by atoms with E-state index in [0.717, 1.165) is 5.01 Å². The van der Waals surface area contributed by atoms with Crippen LogP contribution in [0.1, 0.15) is 64.7 Å². The molecule has 2 N–H and O–H groups in total. The molecule has 0 aliphatic carbocycles. The molecule has 0 aliphatic rings. The first kappa shape index (κ1) is 17.1. The molecule has 1 rings (SSSR count). The van der Waals surface area contributed by atoms with E-state index in [1.54, 1.807) is 0 Å². The van der Waals surface area contributed by atoms with E-state index in [-0.39, 0.29) is 7.43 Å². The lowest BCUT2D eigenvalue weighted by Gasteiger charge is -2.21. The molecule has 0 radical (unpaired) electrons. The first-order chi connectivity index (χ1) is 7.70. The van der Waals surface area contributed by atoms with Crippen LogP contribution in [-0.2, 0) is 9.53 Å². The number of esters is 1. The van der Waals surface area contributed by atoms with E-state index in [0.29, 0.717) is 11.6 Å². The molecule has 0 saturated heterocycles. The largest absolute Gasteiger partial charge is 0.459 e. The average molecular weight is 272 g/mol. The van der Waals surface area contributed by atoms with Gasteiger partial charge in [0.2, 0.25) is 0 Å². The Morgan fingerprint density at radius 3 is 2.39 bits per heavy atom. The fourth-order valence-corrected chi connectivity index (χ4v) is 2.07. The maximum atomic E-state index is 11.8. The Hall–Kier alpha value is -0.940. The molecule has 0 spiro atoms. The predicted molar refractivity (Wildman–Crippen MR) is 75.7 cm³/mol. The third-order valence-electron chi connectivity index (χ3n) is 2.01. The number of nitrogens with zero attached hydrogens (tertiary/aromatic N) is 1. The van der Waals surface area contributed by atoms with Gasteiger partial charge in [0.1, 0.15) is 11.6 Å². The van der Waals surface area contributed by atoms with Crippen molar-refractivity contribution >= 4 is 17.3 Å². The van der Waals surface area contributed by atoms with Gasteiger partial charge in [-0.1, -0.05) is 21.3 Å². The van der Waals surface area contributed by atoms with Crippen molar-refractivity contribution in [1.29, 1.82) is 0 Å². The second-order valence-corrected chi connectivity index (χ2v) is 6.17. The van der Waals surface area contributed by atoms with Crippen molar-refractivity contribution in [3.8, 4) is 0 Å².